The maximum atomic E-state index is 14.1. The van der Waals surface area contributed by atoms with Crippen molar-refractivity contribution in [1.82, 2.24) is 5.32 Å². The van der Waals surface area contributed by atoms with E-state index in [4.69, 9.17) is 19.6 Å². The third-order valence-corrected chi connectivity index (χ3v) is 9.47. The fourth-order valence-electron chi connectivity index (χ4n) is 5.28. The second kappa shape index (κ2) is 14.5. The molecule has 0 saturated heterocycles. The van der Waals surface area contributed by atoms with E-state index in [2.05, 4.69) is 5.32 Å². The number of amides is 1. The van der Waals surface area contributed by atoms with E-state index in [9.17, 15) is 13.2 Å². The lowest BCUT2D eigenvalue weighted by Gasteiger charge is -2.30. The van der Waals surface area contributed by atoms with Gasteiger partial charge in [-0.25, -0.2) is 13.4 Å². The first kappa shape index (κ1) is 31.9. The number of benzene rings is 4. The molecule has 1 amide bonds. The molecule has 0 aromatic heterocycles. The van der Waals surface area contributed by atoms with Crippen molar-refractivity contribution in [2.45, 2.75) is 42.7 Å². The minimum absolute atomic E-state index is 0.0403. The molecule has 234 valence electrons. The fraction of sp³-hybridized carbons (Fsp3) is 0.278. The van der Waals surface area contributed by atoms with Crippen LogP contribution in [-0.4, -0.2) is 56.4 Å². The average molecular weight is 627 g/mol. The van der Waals surface area contributed by atoms with Crippen LogP contribution in [0.1, 0.15) is 43.4 Å². The lowest BCUT2D eigenvalue weighted by molar-refractivity contribution is -0.129. The third-order valence-electron chi connectivity index (χ3n) is 7.74. The molecule has 0 bridgehead atoms. The topological polar surface area (TPSA) is 114 Å². The van der Waals surface area contributed by atoms with Crippen LogP contribution in [0, 0.1) is 0 Å². The maximum Gasteiger partial charge on any atom is 0.252 e. The Hall–Kier alpha value is -4.47. The van der Waals surface area contributed by atoms with Crippen LogP contribution in [0.15, 0.2) is 119 Å². The van der Waals surface area contributed by atoms with Crippen LogP contribution < -0.4 is 10.1 Å². The van der Waals surface area contributed by atoms with Crippen molar-refractivity contribution in [3.8, 4) is 16.9 Å². The van der Waals surface area contributed by atoms with E-state index in [-0.39, 0.29) is 35.5 Å². The van der Waals surface area contributed by atoms with Crippen LogP contribution in [-0.2, 0) is 19.4 Å². The zero-order chi connectivity index (χ0) is 31.7. The van der Waals surface area contributed by atoms with Gasteiger partial charge in [0, 0.05) is 31.6 Å². The van der Waals surface area contributed by atoms with Crippen molar-refractivity contribution in [1.29, 1.82) is 0 Å². The van der Waals surface area contributed by atoms with E-state index >= 15 is 0 Å². The van der Waals surface area contributed by atoms with Crippen molar-refractivity contribution >= 4 is 21.6 Å². The predicted octanol–water partition coefficient (Wildman–Crippen LogP) is 5.76. The summed E-state index contributed by atoms with van der Waals surface area (Å²) in [6, 6.07) is 33.1. The highest BCUT2D eigenvalue weighted by Crippen LogP contribution is 2.43. The standard InChI is InChI=1S/C36H38N2O6S/c1-2-23-37-35(40)36(22-26-45(41,42)32-12-7-4-8-13-32)33(29-16-14-28(15-17-29)27-10-5-3-6-11-27)44-34(38-36)30-18-20-31(21-19-30)43-25-9-24-39/h3-8,10-21,33,39H,2,9,22-26H2,1H3,(H,37,40)/t33-,36-/m1/s1. The Morgan fingerprint density at radius 1 is 0.889 bits per heavy atom. The molecule has 1 aliphatic rings. The molecule has 0 fully saturated rings. The summed E-state index contributed by atoms with van der Waals surface area (Å²) in [4.78, 5) is 19.2. The first-order valence-electron chi connectivity index (χ1n) is 15.2. The molecule has 0 unspecified atom stereocenters. The van der Waals surface area contributed by atoms with Crippen molar-refractivity contribution in [3.05, 3.63) is 120 Å². The smallest absolute Gasteiger partial charge is 0.252 e. The molecule has 45 heavy (non-hydrogen) atoms. The van der Waals surface area contributed by atoms with Gasteiger partial charge in [-0.05, 0) is 59.5 Å². The summed E-state index contributed by atoms with van der Waals surface area (Å²) >= 11 is 0. The Morgan fingerprint density at radius 3 is 2.16 bits per heavy atom. The maximum absolute atomic E-state index is 14.1. The number of aliphatic imine (C=N–C) groups is 1. The van der Waals surface area contributed by atoms with Crippen molar-refractivity contribution in [2.24, 2.45) is 4.99 Å². The molecule has 4 aromatic carbocycles. The monoisotopic (exact) mass is 626 g/mol. The molecule has 1 heterocycles. The molecule has 0 saturated carbocycles. The van der Waals surface area contributed by atoms with E-state index in [0.717, 1.165) is 11.1 Å². The molecule has 9 heteroatoms. The summed E-state index contributed by atoms with van der Waals surface area (Å²) in [6.07, 6.45) is 0.261. The zero-order valence-corrected chi connectivity index (χ0v) is 26.1. The van der Waals surface area contributed by atoms with Crippen LogP contribution >= 0.6 is 0 Å². The van der Waals surface area contributed by atoms with Gasteiger partial charge < -0.3 is 19.9 Å². The largest absolute Gasteiger partial charge is 0.494 e. The zero-order valence-electron chi connectivity index (χ0n) is 25.3. The average Bonchev–Trinajstić information content (AvgIpc) is 3.48. The highest BCUT2D eigenvalue weighted by atomic mass is 32.2. The summed E-state index contributed by atoms with van der Waals surface area (Å²) < 4.78 is 39.1. The number of nitrogens with zero attached hydrogens (tertiary/aromatic N) is 1. The van der Waals surface area contributed by atoms with Gasteiger partial charge in [0.2, 0.25) is 5.90 Å². The first-order chi connectivity index (χ1) is 21.9. The number of aliphatic hydroxyl groups excluding tert-OH is 1. The molecule has 5 rings (SSSR count). The van der Waals surface area contributed by atoms with E-state index in [0.29, 0.717) is 42.9 Å². The fourth-order valence-corrected chi connectivity index (χ4v) is 6.67. The lowest BCUT2D eigenvalue weighted by Crippen LogP contribution is -2.49. The molecule has 1 aliphatic heterocycles. The Morgan fingerprint density at radius 2 is 1.51 bits per heavy atom. The molecule has 0 spiro atoms. The van der Waals surface area contributed by atoms with Gasteiger partial charge in [0.15, 0.2) is 21.5 Å². The van der Waals surface area contributed by atoms with Gasteiger partial charge in [0.1, 0.15) is 5.75 Å². The van der Waals surface area contributed by atoms with Crippen LogP contribution in [0.25, 0.3) is 11.1 Å². The number of sulfone groups is 1. The minimum atomic E-state index is -3.73. The second-order valence-electron chi connectivity index (χ2n) is 10.9. The summed E-state index contributed by atoms with van der Waals surface area (Å²) in [5.74, 6) is 0.189. The number of ether oxygens (including phenoxy) is 2. The quantitative estimate of drug-likeness (QED) is 0.172. The molecule has 8 nitrogen and oxygen atoms in total. The summed E-state index contributed by atoms with van der Waals surface area (Å²) in [7, 11) is -3.73. The van der Waals surface area contributed by atoms with Gasteiger partial charge in [0.05, 0.1) is 17.3 Å². The van der Waals surface area contributed by atoms with Gasteiger partial charge in [-0.1, -0.05) is 79.7 Å². The minimum Gasteiger partial charge on any atom is -0.494 e. The third kappa shape index (κ3) is 7.44. The van der Waals surface area contributed by atoms with Gasteiger partial charge in [0.25, 0.3) is 5.91 Å². The lowest BCUT2D eigenvalue weighted by atomic mass is 9.84. The molecule has 4 aromatic rings. The Labute approximate surface area is 264 Å². The predicted molar refractivity (Wildman–Crippen MR) is 175 cm³/mol. The summed E-state index contributed by atoms with van der Waals surface area (Å²) in [5.41, 5.74) is 1.85. The van der Waals surface area contributed by atoms with Gasteiger partial charge >= 0.3 is 0 Å². The van der Waals surface area contributed by atoms with Crippen molar-refractivity contribution in [2.75, 3.05) is 25.5 Å². The van der Waals surface area contributed by atoms with Crippen molar-refractivity contribution in [3.63, 3.8) is 0 Å². The van der Waals surface area contributed by atoms with E-state index in [1.807, 2.05) is 61.5 Å². The highest BCUT2D eigenvalue weighted by Gasteiger charge is 2.53. The molecule has 2 N–H and O–H groups in total. The number of hydrogen-bond acceptors (Lipinski definition) is 7. The number of nitrogens with one attached hydrogen (secondary N) is 1. The van der Waals surface area contributed by atoms with Gasteiger partial charge in [-0.15, -0.1) is 0 Å². The second-order valence-corrected chi connectivity index (χ2v) is 13.0. The molecule has 0 radical (unpaired) electrons. The molecular formula is C36H38N2O6S. The van der Waals surface area contributed by atoms with Crippen molar-refractivity contribution < 1.29 is 27.8 Å². The Kier molecular flexibility index (Phi) is 10.3. The van der Waals surface area contributed by atoms with Crippen LogP contribution in [0.5, 0.6) is 5.75 Å². The Bertz CT molecular complexity index is 1690. The molecule has 0 aliphatic carbocycles. The summed E-state index contributed by atoms with van der Waals surface area (Å²) in [6.45, 7) is 2.79. The number of aliphatic hydroxyl groups is 1. The number of carbonyl (C=O) groups is 1. The number of rotatable bonds is 14. The van der Waals surface area contributed by atoms with Crippen LogP contribution in [0.3, 0.4) is 0 Å². The SMILES string of the molecule is CCCNC(=O)[C@]1(CCS(=O)(=O)c2ccccc2)N=C(c2ccc(OCCCO)cc2)O[C@@H]1c1ccc(-c2ccccc2)cc1. The normalized spacial score (nSPS) is 17.7. The van der Waals surface area contributed by atoms with Gasteiger partial charge in [-0.3, -0.25) is 4.79 Å². The molecular weight excluding hydrogens is 588 g/mol. The van der Waals surface area contributed by atoms with Gasteiger partial charge in [-0.2, -0.15) is 0 Å². The first-order valence-corrected chi connectivity index (χ1v) is 16.8. The van der Waals surface area contributed by atoms with E-state index in [1.165, 1.54) is 0 Å². The summed E-state index contributed by atoms with van der Waals surface area (Å²) in [5, 5.41) is 12.0. The Balaban J connectivity index is 1.54. The highest BCUT2D eigenvalue weighted by molar-refractivity contribution is 7.91. The van der Waals surface area contributed by atoms with Crippen LogP contribution in [0.2, 0.25) is 0 Å². The number of hydrogen-bond donors (Lipinski definition) is 2. The van der Waals surface area contributed by atoms with E-state index in [1.54, 1.807) is 54.6 Å². The van der Waals surface area contributed by atoms with Crippen LogP contribution in [0.4, 0.5) is 0 Å². The molecule has 2 atom stereocenters. The van der Waals surface area contributed by atoms with E-state index < -0.39 is 21.5 Å². The number of carbonyl (C=O) groups excluding carboxylic acids is 1.